The smallest absolute Gasteiger partial charge is 0.326 e. The van der Waals surface area contributed by atoms with Gasteiger partial charge in [-0.05, 0) is 45.2 Å². The molecule has 5 heteroatoms. The van der Waals surface area contributed by atoms with Crippen LogP contribution >= 0.6 is 0 Å². The minimum Gasteiger partial charge on any atom is -0.480 e. The molecule has 1 atom stereocenters. The molecule has 2 saturated heterocycles. The molecule has 2 aliphatic rings. The maximum Gasteiger partial charge on any atom is 0.326 e. The summed E-state index contributed by atoms with van der Waals surface area (Å²) in [5, 5.41) is 9.17. The van der Waals surface area contributed by atoms with Gasteiger partial charge in [0.2, 0.25) is 5.91 Å². The maximum atomic E-state index is 12.2. The number of aliphatic carboxylic acids is 1. The van der Waals surface area contributed by atoms with Crippen molar-refractivity contribution in [2.75, 3.05) is 26.2 Å². The van der Waals surface area contributed by atoms with E-state index in [-0.39, 0.29) is 5.91 Å². The van der Waals surface area contributed by atoms with Crippen LogP contribution in [0.4, 0.5) is 0 Å². The van der Waals surface area contributed by atoms with Gasteiger partial charge in [0, 0.05) is 19.5 Å². The quantitative estimate of drug-likeness (QED) is 0.835. The monoisotopic (exact) mass is 268 g/mol. The molecule has 2 heterocycles. The highest BCUT2D eigenvalue weighted by atomic mass is 16.4. The Kier molecular flexibility index (Phi) is 5.19. The second kappa shape index (κ2) is 6.89. The van der Waals surface area contributed by atoms with E-state index in [9.17, 15) is 14.7 Å². The summed E-state index contributed by atoms with van der Waals surface area (Å²) < 4.78 is 0. The summed E-state index contributed by atoms with van der Waals surface area (Å²) in [7, 11) is 0. The van der Waals surface area contributed by atoms with E-state index in [1.807, 2.05) is 0 Å². The molecule has 2 fully saturated rings. The SMILES string of the molecule is O=C(O)C1CCCCN1C(=O)CCN1CCCCC1. The lowest BCUT2D eigenvalue weighted by Gasteiger charge is -2.34. The van der Waals surface area contributed by atoms with Crippen molar-refractivity contribution in [2.24, 2.45) is 0 Å². The predicted octanol–water partition coefficient (Wildman–Crippen LogP) is 1.33. The fraction of sp³-hybridized carbons (Fsp3) is 0.857. The van der Waals surface area contributed by atoms with Crippen molar-refractivity contribution in [3.05, 3.63) is 0 Å². The molecule has 1 unspecified atom stereocenters. The van der Waals surface area contributed by atoms with Gasteiger partial charge < -0.3 is 14.9 Å². The van der Waals surface area contributed by atoms with Crippen LogP contribution in [-0.2, 0) is 9.59 Å². The second-order valence-electron chi connectivity index (χ2n) is 5.59. The van der Waals surface area contributed by atoms with E-state index in [2.05, 4.69) is 4.90 Å². The molecule has 19 heavy (non-hydrogen) atoms. The molecule has 0 aromatic rings. The number of likely N-dealkylation sites (tertiary alicyclic amines) is 2. The Morgan fingerprint density at radius 3 is 2.37 bits per heavy atom. The Bertz CT molecular complexity index is 327. The van der Waals surface area contributed by atoms with Crippen molar-refractivity contribution in [3.8, 4) is 0 Å². The molecule has 0 saturated carbocycles. The molecule has 0 aromatic heterocycles. The molecule has 5 nitrogen and oxygen atoms in total. The summed E-state index contributed by atoms with van der Waals surface area (Å²) >= 11 is 0. The Hall–Kier alpha value is -1.10. The van der Waals surface area contributed by atoms with Gasteiger partial charge in [-0.2, -0.15) is 0 Å². The van der Waals surface area contributed by atoms with Crippen molar-refractivity contribution >= 4 is 11.9 Å². The van der Waals surface area contributed by atoms with Gasteiger partial charge in [0.1, 0.15) is 6.04 Å². The molecular formula is C14H24N2O3. The number of carbonyl (C=O) groups is 2. The van der Waals surface area contributed by atoms with E-state index in [4.69, 9.17) is 0 Å². The van der Waals surface area contributed by atoms with Gasteiger partial charge in [-0.25, -0.2) is 4.79 Å². The number of carbonyl (C=O) groups excluding carboxylic acids is 1. The minimum absolute atomic E-state index is 0.0117. The third-order valence-electron chi connectivity index (χ3n) is 4.20. The number of hydrogen-bond acceptors (Lipinski definition) is 3. The van der Waals surface area contributed by atoms with E-state index >= 15 is 0 Å². The Labute approximate surface area is 114 Å². The molecule has 0 bridgehead atoms. The first-order chi connectivity index (χ1) is 9.18. The highest BCUT2D eigenvalue weighted by Gasteiger charge is 2.31. The maximum absolute atomic E-state index is 12.2. The van der Waals surface area contributed by atoms with Crippen LogP contribution < -0.4 is 0 Å². The number of nitrogens with zero attached hydrogens (tertiary/aromatic N) is 2. The number of hydrogen-bond donors (Lipinski definition) is 1. The first kappa shape index (κ1) is 14.3. The topological polar surface area (TPSA) is 60.9 Å². The summed E-state index contributed by atoms with van der Waals surface area (Å²) in [5.74, 6) is -0.844. The first-order valence-electron chi connectivity index (χ1n) is 7.43. The average molecular weight is 268 g/mol. The zero-order valence-corrected chi connectivity index (χ0v) is 11.5. The number of carboxylic acid groups (broad SMARTS) is 1. The van der Waals surface area contributed by atoms with Gasteiger partial charge in [-0.15, -0.1) is 0 Å². The molecular weight excluding hydrogens is 244 g/mol. The van der Waals surface area contributed by atoms with E-state index in [1.165, 1.54) is 19.3 Å². The fourth-order valence-corrected chi connectivity index (χ4v) is 3.07. The fourth-order valence-electron chi connectivity index (χ4n) is 3.07. The van der Waals surface area contributed by atoms with Crippen LogP contribution in [0.2, 0.25) is 0 Å². The zero-order valence-electron chi connectivity index (χ0n) is 11.5. The van der Waals surface area contributed by atoms with Crippen molar-refractivity contribution in [3.63, 3.8) is 0 Å². The molecule has 2 rings (SSSR count). The number of amides is 1. The first-order valence-corrected chi connectivity index (χ1v) is 7.43. The van der Waals surface area contributed by atoms with Crippen LogP contribution in [0.3, 0.4) is 0 Å². The van der Waals surface area contributed by atoms with E-state index in [1.54, 1.807) is 4.90 Å². The third kappa shape index (κ3) is 3.93. The summed E-state index contributed by atoms with van der Waals surface area (Å²) in [6.07, 6.45) is 6.63. The highest BCUT2D eigenvalue weighted by Crippen LogP contribution is 2.18. The molecule has 2 aliphatic heterocycles. The Balaban J connectivity index is 1.81. The molecule has 1 N–H and O–H groups in total. The highest BCUT2D eigenvalue weighted by molar-refractivity contribution is 5.83. The van der Waals surface area contributed by atoms with Crippen LogP contribution in [-0.4, -0.2) is 59.0 Å². The normalized spacial score (nSPS) is 25.3. The van der Waals surface area contributed by atoms with Gasteiger partial charge in [0.15, 0.2) is 0 Å². The van der Waals surface area contributed by atoms with Gasteiger partial charge in [0.25, 0.3) is 0 Å². The summed E-state index contributed by atoms with van der Waals surface area (Å²) in [6.45, 7) is 3.54. The molecule has 0 aliphatic carbocycles. The van der Waals surface area contributed by atoms with E-state index in [0.29, 0.717) is 19.4 Å². The van der Waals surface area contributed by atoms with Crippen molar-refractivity contribution in [1.29, 1.82) is 0 Å². The molecule has 108 valence electrons. The van der Waals surface area contributed by atoms with Gasteiger partial charge in [-0.3, -0.25) is 4.79 Å². The van der Waals surface area contributed by atoms with Gasteiger partial charge in [0.05, 0.1) is 0 Å². The predicted molar refractivity (Wildman–Crippen MR) is 71.9 cm³/mol. The largest absolute Gasteiger partial charge is 0.480 e. The van der Waals surface area contributed by atoms with Crippen LogP contribution in [0.15, 0.2) is 0 Å². The second-order valence-corrected chi connectivity index (χ2v) is 5.59. The van der Waals surface area contributed by atoms with Gasteiger partial charge >= 0.3 is 5.97 Å². The lowest BCUT2D eigenvalue weighted by Crippen LogP contribution is -2.48. The Morgan fingerprint density at radius 2 is 1.68 bits per heavy atom. The zero-order chi connectivity index (χ0) is 13.7. The van der Waals surface area contributed by atoms with Crippen molar-refractivity contribution in [2.45, 2.75) is 51.0 Å². The third-order valence-corrected chi connectivity index (χ3v) is 4.20. The number of piperidine rings is 2. The summed E-state index contributed by atoms with van der Waals surface area (Å²) in [4.78, 5) is 27.3. The molecule has 0 aromatic carbocycles. The minimum atomic E-state index is -0.856. The van der Waals surface area contributed by atoms with E-state index in [0.717, 1.165) is 32.5 Å². The van der Waals surface area contributed by atoms with Crippen LogP contribution in [0.25, 0.3) is 0 Å². The van der Waals surface area contributed by atoms with E-state index < -0.39 is 12.0 Å². The number of carboxylic acids is 1. The molecule has 1 amide bonds. The summed E-state index contributed by atoms with van der Waals surface area (Å²) in [5.41, 5.74) is 0. The number of rotatable bonds is 4. The van der Waals surface area contributed by atoms with Crippen molar-refractivity contribution in [1.82, 2.24) is 9.80 Å². The lowest BCUT2D eigenvalue weighted by molar-refractivity contribution is -0.152. The summed E-state index contributed by atoms with van der Waals surface area (Å²) in [6, 6.07) is -0.595. The molecule has 0 radical (unpaired) electrons. The lowest BCUT2D eigenvalue weighted by atomic mass is 10.0. The standard InChI is InChI=1S/C14H24N2O3/c17-13(7-11-15-8-3-1-4-9-15)16-10-5-2-6-12(16)14(18)19/h12H,1-11H2,(H,18,19). The average Bonchev–Trinajstić information content (AvgIpc) is 2.46. The van der Waals surface area contributed by atoms with Gasteiger partial charge in [-0.1, -0.05) is 6.42 Å². The Morgan fingerprint density at radius 1 is 1.00 bits per heavy atom. The van der Waals surface area contributed by atoms with Crippen LogP contribution in [0.5, 0.6) is 0 Å². The molecule has 0 spiro atoms. The van der Waals surface area contributed by atoms with Crippen molar-refractivity contribution < 1.29 is 14.7 Å². The van der Waals surface area contributed by atoms with Crippen LogP contribution in [0, 0.1) is 0 Å². The van der Waals surface area contributed by atoms with Crippen LogP contribution in [0.1, 0.15) is 44.9 Å².